The second-order valence-electron chi connectivity index (χ2n) is 6.78. The van der Waals surface area contributed by atoms with Crippen molar-refractivity contribution in [3.05, 3.63) is 54.1 Å². The van der Waals surface area contributed by atoms with Gasteiger partial charge in [0.15, 0.2) is 5.96 Å². The highest BCUT2D eigenvalue weighted by molar-refractivity contribution is 7.88. The molecule has 0 saturated carbocycles. The average molecular weight is 417 g/mol. The Morgan fingerprint density at radius 3 is 2.69 bits per heavy atom. The van der Waals surface area contributed by atoms with E-state index in [4.69, 9.17) is 8.94 Å². The van der Waals surface area contributed by atoms with E-state index in [1.54, 1.807) is 13.1 Å². The van der Waals surface area contributed by atoms with E-state index < -0.39 is 10.0 Å². The van der Waals surface area contributed by atoms with Gasteiger partial charge in [0.2, 0.25) is 10.0 Å². The van der Waals surface area contributed by atoms with Crippen molar-refractivity contribution in [1.29, 1.82) is 0 Å². The maximum absolute atomic E-state index is 12.6. The lowest BCUT2D eigenvalue weighted by Crippen LogP contribution is -2.53. The minimum absolute atomic E-state index is 0.150. The molecule has 3 heterocycles. The molecule has 0 spiro atoms. The summed E-state index contributed by atoms with van der Waals surface area (Å²) in [5.74, 6) is 1.39. The van der Waals surface area contributed by atoms with E-state index in [1.807, 2.05) is 35.2 Å². The number of hydrogen-bond acceptors (Lipinski definition) is 6. The zero-order valence-corrected chi connectivity index (χ0v) is 16.9. The number of para-hydroxylation sites is 1. The fourth-order valence-corrected chi connectivity index (χ4v) is 4.82. The van der Waals surface area contributed by atoms with Gasteiger partial charge in [-0.3, -0.25) is 4.99 Å². The van der Waals surface area contributed by atoms with E-state index in [2.05, 4.69) is 15.5 Å². The number of fused-ring (bicyclic) bond motifs is 1. The number of sulfonamides is 1. The minimum atomic E-state index is -3.42. The van der Waals surface area contributed by atoms with Crippen LogP contribution in [0.5, 0.6) is 0 Å². The third-order valence-corrected chi connectivity index (χ3v) is 6.67. The van der Waals surface area contributed by atoms with Crippen LogP contribution in [0, 0.1) is 0 Å². The third-order valence-electron chi connectivity index (χ3n) is 4.86. The van der Waals surface area contributed by atoms with Crippen LogP contribution in [0.4, 0.5) is 0 Å². The van der Waals surface area contributed by atoms with Gasteiger partial charge in [0.25, 0.3) is 0 Å². The number of piperazine rings is 1. The first-order valence-corrected chi connectivity index (χ1v) is 11.0. The first-order chi connectivity index (χ1) is 14.0. The summed E-state index contributed by atoms with van der Waals surface area (Å²) < 4.78 is 37.2. The number of rotatable bonds is 5. The van der Waals surface area contributed by atoms with Gasteiger partial charge in [-0.05, 0) is 12.1 Å². The second kappa shape index (κ2) is 8.26. The Labute approximate surface area is 169 Å². The number of furan rings is 1. The van der Waals surface area contributed by atoms with Crippen LogP contribution in [0.3, 0.4) is 0 Å². The van der Waals surface area contributed by atoms with Crippen LogP contribution in [0.25, 0.3) is 11.0 Å². The van der Waals surface area contributed by atoms with Crippen molar-refractivity contribution >= 4 is 27.0 Å². The Hall–Kier alpha value is -2.85. The Balaban J connectivity index is 1.33. The molecule has 0 radical (unpaired) electrons. The van der Waals surface area contributed by atoms with E-state index in [0.717, 1.165) is 22.7 Å². The molecule has 0 amide bonds. The summed E-state index contributed by atoms with van der Waals surface area (Å²) in [6, 6.07) is 11.4. The summed E-state index contributed by atoms with van der Waals surface area (Å²) in [6.07, 6.45) is 1.38. The largest absolute Gasteiger partial charge is 0.459 e. The average Bonchev–Trinajstić information content (AvgIpc) is 3.37. The molecule has 0 bridgehead atoms. The molecule has 1 saturated heterocycles. The highest BCUT2D eigenvalue weighted by Gasteiger charge is 2.29. The lowest BCUT2D eigenvalue weighted by molar-refractivity contribution is 0.259. The normalized spacial score (nSPS) is 16.4. The number of nitrogens with zero attached hydrogens (tertiary/aromatic N) is 4. The van der Waals surface area contributed by atoms with Gasteiger partial charge in [-0.15, -0.1) is 0 Å². The summed E-state index contributed by atoms with van der Waals surface area (Å²) in [5.41, 5.74) is 1.26. The summed E-state index contributed by atoms with van der Waals surface area (Å²) in [7, 11) is -1.71. The molecule has 1 aliphatic heterocycles. The Bertz CT molecular complexity index is 1050. The molecule has 1 fully saturated rings. The number of nitrogens with one attached hydrogen (secondary N) is 1. The van der Waals surface area contributed by atoms with Crippen molar-refractivity contribution in [3.63, 3.8) is 0 Å². The lowest BCUT2D eigenvalue weighted by Gasteiger charge is -2.35. The fourth-order valence-electron chi connectivity index (χ4n) is 3.39. The van der Waals surface area contributed by atoms with Crippen LogP contribution in [0.1, 0.15) is 11.5 Å². The molecule has 1 aromatic carbocycles. The van der Waals surface area contributed by atoms with Gasteiger partial charge in [0.1, 0.15) is 23.4 Å². The van der Waals surface area contributed by atoms with Gasteiger partial charge in [0, 0.05) is 44.7 Å². The molecule has 1 N–H and O–H groups in total. The molecule has 0 aliphatic carbocycles. The van der Waals surface area contributed by atoms with Crippen LogP contribution in [-0.4, -0.2) is 62.0 Å². The van der Waals surface area contributed by atoms with Gasteiger partial charge in [-0.1, -0.05) is 23.4 Å². The molecule has 4 rings (SSSR count). The van der Waals surface area contributed by atoms with Crippen LogP contribution < -0.4 is 5.32 Å². The molecular weight excluding hydrogens is 394 g/mol. The molecule has 10 heteroatoms. The molecule has 0 unspecified atom stereocenters. The first kappa shape index (κ1) is 19.5. The summed E-state index contributed by atoms with van der Waals surface area (Å²) in [5, 5.41) is 8.05. The maximum atomic E-state index is 12.6. The van der Waals surface area contributed by atoms with Crippen molar-refractivity contribution in [2.24, 2.45) is 4.99 Å². The van der Waals surface area contributed by atoms with Crippen LogP contribution in [-0.2, 0) is 22.3 Å². The highest BCUT2D eigenvalue weighted by Crippen LogP contribution is 2.19. The zero-order valence-electron chi connectivity index (χ0n) is 16.1. The quantitative estimate of drug-likeness (QED) is 0.497. The van der Waals surface area contributed by atoms with Gasteiger partial charge in [0.05, 0.1) is 12.2 Å². The van der Waals surface area contributed by atoms with Gasteiger partial charge in [-0.2, -0.15) is 4.31 Å². The van der Waals surface area contributed by atoms with Crippen LogP contribution in [0.15, 0.2) is 56.6 Å². The minimum Gasteiger partial charge on any atom is -0.459 e. The van der Waals surface area contributed by atoms with Gasteiger partial charge in [-0.25, -0.2) is 8.42 Å². The monoisotopic (exact) mass is 417 g/mol. The molecule has 29 heavy (non-hydrogen) atoms. The van der Waals surface area contributed by atoms with E-state index in [9.17, 15) is 8.42 Å². The predicted molar refractivity (Wildman–Crippen MR) is 109 cm³/mol. The second-order valence-corrected chi connectivity index (χ2v) is 8.75. The van der Waals surface area contributed by atoms with Crippen molar-refractivity contribution in [2.75, 3.05) is 33.2 Å². The Morgan fingerprint density at radius 1 is 1.21 bits per heavy atom. The van der Waals surface area contributed by atoms with E-state index in [0.29, 0.717) is 38.4 Å². The number of aromatic nitrogens is 1. The van der Waals surface area contributed by atoms with Crippen molar-refractivity contribution < 1.29 is 17.4 Å². The highest BCUT2D eigenvalue weighted by atomic mass is 32.2. The van der Waals surface area contributed by atoms with E-state index in [-0.39, 0.29) is 5.75 Å². The maximum Gasteiger partial charge on any atom is 0.220 e. The summed E-state index contributed by atoms with van der Waals surface area (Å²) in [6.45, 7) is 2.40. The zero-order chi connectivity index (χ0) is 20.3. The van der Waals surface area contributed by atoms with Crippen LogP contribution in [0.2, 0.25) is 0 Å². The number of hydrogen-bond donors (Lipinski definition) is 1. The fraction of sp³-hybridized carbons (Fsp3) is 0.368. The predicted octanol–water partition coefficient (Wildman–Crippen LogP) is 1.64. The lowest BCUT2D eigenvalue weighted by atomic mass is 10.2. The molecule has 1 aliphatic rings. The standard InChI is InChI=1S/C19H23N5O4S/c1-20-19(21-13-17-12-15-4-2-3-5-18(15)28-17)23-7-9-24(10-8-23)29(25,26)14-16-6-11-27-22-16/h2-6,11-12H,7-10,13-14H2,1H3,(H,20,21). The first-order valence-electron chi connectivity index (χ1n) is 9.35. The van der Waals surface area contributed by atoms with E-state index in [1.165, 1.54) is 10.6 Å². The Kier molecular flexibility index (Phi) is 5.54. The number of guanidine groups is 1. The number of benzene rings is 1. The smallest absolute Gasteiger partial charge is 0.220 e. The van der Waals surface area contributed by atoms with Crippen molar-refractivity contribution in [2.45, 2.75) is 12.3 Å². The molecule has 154 valence electrons. The topological polar surface area (TPSA) is 104 Å². The van der Waals surface area contributed by atoms with Crippen molar-refractivity contribution in [3.8, 4) is 0 Å². The molecular formula is C19H23N5O4S. The van der Waals surface area contributed by atoms with Gasteiger partial charge >= 0.3 is 0 Å². The summed E-state index contributed by atoms with van der Waals surface area (Å²) in [4.78, 5) is 6.37. The Morgan fingerprint density at radius 2 is 2.00 bits per heavy atom. The molecule has 3 aromatic rings. The molecule has 0 atom stereocenters. The van der Waals surface area contributed by atoms with Crippen LogP contribution >= 0.6 is 0 Å². The molecule has 9 nitrogen and oxygen atoms in total. The SMILES string of the molecule is CN=C(NCc1cc2ccccc2o1)N1CCN(S(=O)(=O)Cc2ccon2)CC1. The van der Waals surface area contributed by atoms with E-state index >= 15 is 0 Å². The van der Waals surface area contributed by atoms with Crippen molar-refractivity contribution in [1.82, 2.24) is 19.7 Å². The molecule has 2 aromatic heterocycles. The summed E-state index contributed by atoms with van der Waals surface area (Å²) >= 11 is 0. The third kappa shape index (κ3) is 4.43. The van der Waals surface area contributed by atoms with Gasteiger partial charge < -0.3 is 19.2 Å². The number of aliphatic imine (C=N–C) groups is 1.